The monoisotopic (exact) mass is 355 g/mol. The van der Waals surface area contributed by atoms with E-state index in [2.05, 4.69) is 10.2 Å². The molecule has 128 valence electrons. The number of benzene rings is 3. The molecule has 0 aliphatic rings. The van der Waals surface area contributed by atoms with Crippen molar-refractivity contribution in [3.8, 4) is 0 Å². The number of aliphatic hydroxyl groups is 1. The molecule has 0 fully saturated rings. The molecule has 0 heterocycles. The lowest BCUT2D eigenvalue weighted by Gasteiger charge is -2.05. The SMILES string of the molecule is Nc1ccc2ccccc2c1N=Nc1cccc(S(=O)(=O)CCO)c1. The van der Waals surface area contributed by atoms with Gasteiger partial charge in [-0.2, -0.15) is 5.11 Å². The summed E-state index contributed by atoms with van der Waals surface area (Å²) >= 11 is 0. The van der Waals surface area contributed by atoms with E-state index >= 15 is 0 Å². The first kappa shape index (κ1) is 17.1. The van der Waals surface area contributed by atoms with Gasteiger partial charge in [-0.15, -0.1) is 5.11 Å². The fourth-order valence-electron chi connectivity index (χ4n) is 2.47. The number of rotatable bonds is 5. The third-order valence-corrected chi connectivity index (χ3v) is 5.43. The summed E-state index contributed by atoms with van der Waals surface area (Å²) in [4.78, 5) is 0.101. The van der Waals surface area contributed by atoms with E-state index in [1.165, 1.54) is 12.1 Å². The summed E-state index contributed by atoms with van der Waals surface area (Å²) in [5.74, 6) is -0.329. The second-order valence-electron chi connectivity index (χ2n) is 5.46. The highest BCUT2D eigenvalue weighted by atomic mass is 32.2. The van der Waals surface area contributed by atoms with Gasteiger partial charge in [0.1, 0.15) is 5.69 Å². The van der Waals surface area contributed by atoms with Crippen molar-refractivity contribution < 1.29 is 13.5 Å². The number of hydrogen-bond acceptors (Lipinski definition) is 6. The molecule has 6 nitrogen and oxygen atoms in total. The number of fused-ring (bicyclic) bond motifs is 1. The maximum absolute atomic E-state index is 12.0. The van der Waals surface area contributed by atoms with Gasteiger partial charge < -0.3 is 10.8 Å². The van der Waals surface area contributed by atoms with Crippen LogP contribution in [0.25, 0.3) is 10.8 Å². The number of nitrogens with two attached hydrogens (primary N) is 1. The van der Waals surface area contributed by atoms with Gasteiger partial charge in [-0.05, 0) is 29.7 Å². The van der Waals surface area contributed by atoms with E-state index < -0.39 is 16.4 Å². The number of nitrogen functional groups attached to an aromatic ring is 1. The lowest BCUT2D eigenvalue weighted by atomic mass is 10.1. The molecule has 3 aromatic rings. The van der Waals surface area contributed by atoms with Crippen LogP contribution in [0.3, 0.4) is 0 Å². The van der Waals surface area contributed by atoms with Crippen LogP contribution in [0.5, 0.6) is 0 Å². The molecule has 0 unspecified atom stereocenters. The molecule has 25 heavy (non-hydrogen) atoms. The van der Waals surface area contributed by atoms with E-state index in [4.69, 9.17) is 10.8 Å². The van der Waals surface area contributed by atoms with Crippen LogP contribution >= 0.6 is 0 Å². The fourth-order valence-corrected chi connectivity index (χ4v) is 3.53. The molecule has 0 aliphatic heterocycles. The first-order chi connectivity index (χ1) is 12.0. The van der Waals surface area contributed by atoms with Gasteiger partial charge >= 0.3 is 0 Å². The quantitative estimate of drug-likeness (QED) is 0.539. The molecule has 0 amide bonds. The summed E-state index contributed by atoms with van der Waals surface area (Å²) in [5, 5.41) is 19.1. The van der Waals surface area contributed by atoms with Crippen LogP contribution in [0.4, 0.5) is 17.1 Å². The normalized spacial score (nSPS) is 12.0. The second-order valence-corrected chi connectivity index (χ2v) is 7.57. The van der Waals surface area contributed by atoms with Gasteiger partial charge in [0.2, 0.25) is 0 Å². The van der Waals surface area contributed by atoms with E-state index in [1.807, 2.05) is 30.3 Å². The van der Waals surface area contributed by atoms with Crippen molar-refractivity contribution in [1.29, 1.82) is 0 Å². The summed E-state index contributed by atoms with van der Waals surface area (Å²) in [6.45, 7) is -0.430. The lowest BCUT2D eigenvalue weighted by molar-refractivity contribution is 0.319. The number of hydrogen-bond donors (Lipinski definition) is 2. The number of aliphatic hydroxyl groups excluding tert-OH is 1. The van der Waals surface area contributed by atoms with Gasteiger partial charge in [-0.1, -0.05) is 36.4 Å². The second kappa shape index (κ2) is 7.00. The van der Waals surface area contributed by atoms with Crippen molar-refractivity contribution in [3.63, 3.8) is 0 Å². The van der Waals surface area contributed by atoms with Crippen LogP contribution in [0.1, 0.15) is 0 Å². The standard InChI is InChI=1S/C18H17N3O3S/c19-17-9-8-13-4-1-2-7-16(13)18(17)21-20-14-5-3-6-15(12-14)25(23,24)11-10-22/h1-9,12,22H,10-11,19H2. The van der Waals surface area contributed by atoms with E-state index in [0.29, 0.717) is 17.1 Å². The molecule has 0 aromatic heterocycles. The van der Waals surface area contributed by atoms with Crippen LogP contribution in [0, 0.1) is 0 Å². The zero-order valence-corrected chi connectivity index (χ0v) is 14.1. The van der Waals surface area contributed by atoms with Crippen molar-refractivity contribution in [2.75, 3.05) is 18.1 Å². The van der Waals surface area contributed by atoms with Crippen LogP contribution in [-0.4, -0.2) is 25.9 Å². The molecule has 3 aromatic carbocycles. The molecular weight excluding hydrogens is 338 g/mol. The summed E-state index contributed by atoms with van der Waals surface area (Å²) in [6.07, 6.45) is 0. The molecular formula is C18H17N3O3S. The third kappa shape index (κ3) is 3.67. The molecule has 0 spiro atoms. The lowest BCUT2D eigenvalue weighted by Crippen LogP contribution is -2.09. The van der Waals surface area contributed by atoms with Gasteiger partial charge in [-0.3, -0.25) is 0 Å². The Kier molecular flexibility index (Phi) is 4.78. The molecule has 0 bridgehead atoms. The Morgan fingerprint density at radius 1 is 0.960 bits per heavy atom. The van der Waals surface area contributed by atoms with E-state index in [1.54, 1.807) is 18.2 Å². The summed E-state index contributed by atoms with van der Waals surface area (Å²) in [5.41, 5.74) is 7.44. The minimum Gasteiger partial charge on any atom is -0.397 e. The molecule has 0 saturated carbocycles. The Labute approximate surface area is 145 Å². The predicted molar refractivity (Wildman–Crippen MR) is 98.1 cm³/mol. The van der Waals surface area contributed by atoms with Crippen LogP contribution < -0.4 is 5.73 Å². The van der Waals surface area contributed by atoms with Gasteiger partial charge in [0, 0.05) is 5.39 Å². The topological polar surface area (TPSA) is 105 Å². The highest BCUT2D eigenvalue weighted by Gasteiger charge is 2.14. The minimum atomic E-state index is -3.53. The number of azo groups is 1. The maximum atomic E-state index is 12.0. The molecule has 3 rings (SSSR count). The first-order valence-corrected chi connectivity index (χ1v) is 9.29. The number of nitrogens with zero attached hydrogens (tertiary/aromatic N) is 2. The average Bonchev–Trinajstić information content (AvgIpc) is 2.61. The highest BCUT2D eigenvalue weighted by Crippen LogP contribution is 2.33. The molecule has 3 N–H and O–H groups in total. The summed E-state index contributed by atoms with van der Waals surface area (Å²) < 4.78 is 24.1. The summed E-state index contributed by atoms with van der Waals surface area (Å²) in [6, 6.07) is 17.5. The molecule has 0 radical (unpaired) electrons. The Bertz CT molecular complexity index is 1050. The smallest absolute Gasteiger partial charge is 0.180 e. The maximum Gasteiger partial charge on any atom is 0.180 e. The predicted octanol–water partition coefficient (Wildman–Crippen LogP) is 3.60. The molecule has 7 heteroatoms. The van der Waals surface area contributed by atoms with E-state index in [0.717, 1.165) is 10.8 Å². The fraction of sp³-hybridized carbons (Fsp3) is 0.111. The summed E-state index contributed by atoms with van der Waals surface area (Å²) in [7, 11) is -3.53. The largest absolute Gasteiger partial charge is 0.397 e. The Hall–Kier alpha value is -2.77. The Morgan fingerprint density at radius 2 is 1.76 bits per heavy atom. The number of anilines is 1. The van der Waals surface area contributed by atoms with Crippen LogP contribution in [0.2, 0.25) is 0 Å². The average molecular weight is 355 g/mol. The van der Waals surface area contributed by atoms with Crippen LogP contribution in [0.15, 0.2) is 75.8 Å². The van der Waals surface area contributed by atoms with Crippen molar-refractivity contribution in [3.05, 3.63) is 60.7 Å². The van der Waals surface area contributed by atoms with Crippen molar-refractivity contribution in [2.45, 2.75) is 4.90 Å². The zero-order valence-electron chi connectivity index (χ0n) is 13.3. The Balaban J connectivity index is 2.00. The third-order valence-electron chi connectivity index (χ3n) is 3.73. The zero-order chi connectivity index (χ0) is 17.9. The van der Waals surface area contributed by atoms with Crippen LogP contribution in [-0.2, 0) is 9.84 Å². The van der Waals surface area contributed by atoms with Crippen molar-refractivity contribution in [2.24, 2.45) is 10.2 Å². The van der Waals surface area contributed by atoms with E-state index in [9.17, 15) is 8.42 Å². The van der Waals surface area contributed by atoms with Gasteiger partial charge in [0.15, 0.2) is 9.84 Å². The molecule has 0 atom stereocenters. The molecule has 0 aliphatic carbocycles. The van der Waals surface area contributed by atoms with Crippen molar-refractivity contribution in [1.82, 2.24) is 0 Å². The van der Waals surface area contributed by atoms with Gasteiger partial charge in [-0.25, -0.2) is 8.42 Å². The highest BCUT2D eigenvalue weighted by molar-refractivity contribution is 7.91. The van der Waals surface area contributed by atoms with E-state index in [-0.39, 0.29) is 10.6 Å². The number of sulfone groups is 1. The van der Waals surface area contributed by atoms with Crippen molar-refractivity contribution >= 4 is 37.7 Å². The van der Waals surface area contributed by atoms with Gasteiger partial charge in [0.25, 0.3) is 0 Å². The van der Waals surface area contributed by atoms with Gasteiger partial charge in [0.05, 0.1) is 28.6 Å². The molecule has 0 saturated heterocycles. The minimum absolute atomic E-state index is 0.101. The Morgan fingerprint density at radius 3 is 2.56 bits per heavy atom. The first-order valence-electron chi connectivity index (χ1n) is 7.64.